The second-order valence-electron chi connectivity index (χ2n) is 4.64. The molecular formula is C13H13N3O3S. The van der Waals surface area contributed by atoms with Gasteiger partial charge in [0, 0.05) is 14.1 Å². The van der Waals surface area contributed by atoms with Gasteiger partial charge in [-0.3, -0.25) is 18.1 Å². The van der Waals surface area contributed by atoms with E-state index in [1.807, 2.05) is 6.07 Å². The molecule has 20 heavy (non-hydrogen) atoms. The number of anilines is 2. The van der Waals surface area contributed by atoms with Gasteiger partial charge in [-0.25, -0.2) is 4.79 Å². The number of fused-ring (bicyclic) bond motifs is 2. The van der Waals surface area contributed by atoms with Gasteiger partial charge in [-0.15, -0.1) is 0 Å². The first-order valence-electron chi connectivity index (χ1n) is 6.04. The zero-order valence-corrected chi connectivity index (χ0v) is 11.9. The van der Waals surface area contributed by atoms with Crippen LogP contribution in [-0.4, -0.2) is 13.3 Å². The van der Waals surface area contributed by atoms with Gasteiger partial charge in [-0.1, -0.05) is 12.1 Å². The predicted octanol–water partition coefficient (Wildman–Crippen LogP) is 0.449. The van der Waals surface area contributed by atoms with Gasteiger partial charge in [0.25, 0.3) is 5.56 Å². The van der Waals surface area contributed by atoms with Crippen molar-refractivity contribution >= 4 is 22.3 Å². The van der Waals surface area contributed by atoms with Crippen molar-refractivity contribution in [3.05, 3.63) is 50.7 Å². The lowest BCUT2D eigenvalue weighted by Gasteiger charge is -2.13. The summed E-state index contributed by atoms with van der Waals surface area (Å²) in [5.74, 6) is 0.511. The highest BCUT2D eigenvalue weighted by atomic mass is 32.2. The lowest BCUT2D eigenvalue weighted by atomic mass is 10.3. The second-order valence-corrected chi connectivity index (χ2v) is 6.06. The van der Waals surface area contributed by atoms with Gasteiger partial charge in [0.1, 0.15) is 5.82 Å². The third kappa shape index (κ3) is 1.74. The maximum atomic E-state index is 12.4. The summed E-state index contributed by atoms with van der Waals surface area (Å²) in [6.45, 7) is 0. The predicted molar refractivity (Wildman–Crippen MR) is 76.8 cm³/mol. The first kappa shape index (κ1) is 12.9. The Bertz CT molecular complexity index is 851. The molecule has 0 aliphatic carbocycles. The molecule has 7 heteroatoms. The van der Waals surface area contributed by atoms with E-state index in [0.29, 0.717) is 22.0 Å². The van der Waals surface area contributed by atoms with E-state index in [1.165, 1.54) is 11.6 Å². The van der Waals surface area contributed by atoms with E-state index in [9.17, 15) is 13.8 Å². The third-order valence-corrected chi connectivity index (χ3v) is 4.82. The van der Waals surface area contributed by atoms with Crippen LogP contribution >= 0.6 is 0 Å². The van der Waals surface area contributed by atoms with E-state index in [2.05, 4.69) is 5.32 Å². The lowest BCUT2D eigenvalue weighted by molar-refractivity contribution is 0.674. The molecule has 2 aromatic rings. The van der Waals surface area contributed by atoms with Crippen LogP contribution in [0.1, 0.15) is 5.56 Å². The Hall–Kier alpha value is -2.15. The average Bonchev–Trinajstić information content (AvgIpc) is 2.60. The topological polar surface area (TPSA) is 73.1 Å². The third-order valence-electron chi connectivity index (χ3n) is 3.42. The Kier molecular flexibility index (Phi) is 2.86. The summed E-state index contributed by atoms with van der Waals surface area (Å²) in [7, 11) is 1.69. The van der Waals surface area contributed by atoms with E-state index >= 15 is 0 Å². The minimum absolute atomic E-state index is 0.0974. The highest BCUT2D eigenvalue weighted by Crippen LogP contribution is 2.29. The molecule has 0 saturated heterocycles. The van der Waals surface area contributed by atoms with Gasteiger partial charge < -0.3 is 5.32 Å². The maximum Gasteiger partial charge on any atom is 0.332 e. The largest absolute Gasteiger partial charge is 0.340 e. The Morgan fingerprint density at radius 3 is 2.60 bits per heavy atom. The first-order chi connectivity index (χ1) is 9.50. The monoisotopic (exact) mass is 291 g/mol. The zero-order chi connectivity index (χ0) is 14.4. The number of para-hydroxylation sites is 1. The fraction of sp³-hybridized carbons (Fsp3) is 0.231. The molecule has 0 saturated carbocycles. The van der Waals surface area contributed by atoms with E-state index < -0.39 is 22.0 Å². The molecule has 1 unspecified atom stereocenters. The molecule has 1 aliphatic rings. The second kappa shape index (κ2) is 4.45. The Morgan fingerprint density at radius 2 is 1.85 bits per heavy atom. The smallest absolute Gasteiger partial charge is 0.332 e. The molecule has 1 aromatic carbocycles. The minimum Gasteiger partial charge on any atom is -0.340 e. The summed E-state index contributed by atoms with van der Waals surface area (Å²) >= 11 is 0. The van der Waals surface area contributed by atoms with Gasteiger partial charge in [0.15, 0.2) is 0 Å². The van der Waals surface area contributed by atoms with Crippen LogP contribution in [0.15, 0.2) is 38.8 Å². The molecule has 0 spiro atoms. The summed E-state index contributed by atoms with van der Waals surface area (Å²) in [6.07, 6.45) is 0. The van der Waals surface area contributed by atoms with Crippen LogP contribution in [0.4, 0.5) is 11.5 Å². The van der Waals surface area contributed by atoms with E-state index in [1.54, 1.807) is 25.2 Å². The summed E-state index contributed by atoms with van der Waals surface area (Å²) in [5, 5.41) is 3.07. The molecule has 1 atom stereocenters. The molecule has 0 radical (unpaired) electrons. The van der Waals surface area contributed by atoms with Gasteiger partial charge >= 0.3 is 5.69 Å². The normalized spacial score (nSPS) is 16.8. The van der Waals surface area contributed by atoms with Crippen LogP contribution in [-0.2, 0) is 30.6 Å². The first-order valence-corrected chi connectivity index (χ1v) is 7.36. The van der Waals surface area contributed by atoms with Crippen molar-refractivity contribution in [2.24, 2.45) is 14.1 Å². The molecule has 3 rings (SSSR count). The van der Waals surface area contributed by atoms with Crippen molar-refractivity contribution < 1.29 is 4.21 Å². The summed E-state index contributed by atoms with van der Waals surface area (Å²) < 4.78 is 14.8. The summed E-state index contributed by atoms with van der Waals surface area (Å²) in [4.78, 5) is 24.8. The number of benzene rings is 1. The standard InChI is InChI=1S/C13H13N3O3S/c1-15-11-8(12(17)16(2)13(15)18)7-20(19)10-6-4-3-5-9(10)14-11/h3-6,14H,7H2,1-2H3. The van der Waals surface area contributed by atoms with Crippen LogP contribution in [0.3, 0.4) is 0 Å². The fourth-order valence-electron chi connectivity index (χ4n) is 2.31. The quantitative estimate of drug-likeness (QED) is 0.765. The fourth-order valence-corrected chi connectivity index (χ4v) is 3.58. The number of rotatable bonds is 0. The van der Waals surface area contributed by atoms with E-state index in [0.717, 1.165) is 4.57 Å². The molecule has 0 fully saturated rings. The van der Waals surface area contributed by atoms with Crippen LogP contribution in [0.2, 0.25) is 0 Å². The highest BCUT2D eigenvalue weighted by molar-refractivity contribution is 7.84. The van der Waals surface area contributed by atoms with Crippen LogP contribution < -0.4 is 16.6 Å². The molecule has 1 aromatic heterocycles. The van der Waals surface area contributed by atoms with Crippen molar-refractivity contribution in [1.29, 1.82) is 0 Å². The van der Waals surface area contributed by atoms with Crippen molar-refractivity contribution in [2.45, 2.75) is 10.6 Å². The van der Waals surface area contributed by atoms with E-state index in [-0.39, 0.29) is 5.75 Å². The highest BCUT2D eigenvalue weighted by Gasteiger charge is 2.23. The van der Waals surface area contributed by atoms with Crippen LogP contribution in [0.5, 0.6) is 0 Å². The molecule has 0 bridgehead atoms. The number of nitrogens with zero attached hydrogens (tertiary/aromatic N) is 2. The molecule has 1 N–H and O–H groups in total. The van der Waals surface area contributed by atoms with Crippen molar-refractivity contribution in [2.75, 3.05) is 5.32 Å². The Morgan fingerprint density at radius 1 is 1.15 bits per heavy atom. The van der Waals surface area contributed by atoms with E-state index in [4.69, 9.17) is 0 Å². The summed E-state index contributed by atoms with van der Waals surface area (Å²) in [5.41, 5.74) is 0.208. The zero-order valence-electron chi connectivity index (χ0n) is 11.0. The molecule has 1 aliphatic heterocycles. The Balaban J connectivity index is 2.36. The molecule has 104 valence electrons. The molecular weight excluding hydrogens is 278 g/mol. The number of nitrogens with one attached hydrogen (secondary N) is 1. The molecule has 2 heterocycles. The van der Waals surface area contributed by atoms with Crippen LogP contribution in [0.25, 0.3) is 0 Å². The number of hydrogen-bond acceptors (Lipinski definition) is 4. The average molecular weight is 291 g/mol. The lowest BCUT2D eigenvalue weighted by Crippen LogP contribution is -2.40. The van der Waals surface area contributed by atoms with Crippen molar-refractivity contribution in [3.63, 3.8) is 0 Å². The van der Waals surface area contributed by atoms with Crippen molar-refractivity contribution in [1.82, 2.24) is 9.13 Å². The van der Waals surface area contributed by atoms with Gasteiger partial charge in [0.05, 0.1) is 32.7 Å². The van der Waals surface area contributed by atoms with Gasteiger partial charge in [-0.2, -0.15) is 0 Å². The van der Waals surface area contributed by atoms with Gasteiger partial charge in [-0.05, 0) is 12.1 Å². The maximum absolute atomic E-state index is 12.4. The Labute approximate surface area is 117 Å². The SMILES string of the molecule is Cn1c2c(c(=O)n(C)c1=O)CS(=O)c1ccccc1N2. The molecule has 0 amide bonds. The molecule has 6 nitrogen and oxygen atoms in total. The summed E-state index contributed by atoms with van der Waals surface area (Å²) in [6, 6.07) is 7.15. The van der Waals surface area contributed by atoms with Gasteiger partial charge in [0.2, 0.25) is 0 Å². The minimum atomic E-state index is -1.32. The number of aromatic nitrogens is 2. The van der Waals surface area contributed by atoms with Crippen molar-refractivity contribution in [3.8, 4) is 0 Å². The number of hydrogen-bond donors (Lipinski definition) is 1. The van der Waals surface area contributed by atoms with Crippen LogP contribution in [0, 0.1) is 0 Å².